The Kier molecular flexibility index (Phi) is 4.49. The molecule has 4 nitrogen and oxygen atoms in total. The average molecular weight is 306 g/mol. The van der Waals surface area contributed by atoms with Crippen LogP contribution in [-0.2, 0) is 4.79 Å². The van der Waals surface area contributed by atoms with E-state index < -0.39 is 5.54 Å². The lowest BCUT2D eigenvalue weighted by Gasteiger charge is -2.24. The number of fused-ring (bicyclic) bond motifs is 1. The smallest absolute Gasteiger partial charge is 0.244 e. The second-order valence-corrected chi connectivity index (χ2v) is 5.98. The number of carbonyl (C=O) groups is 1. The molecule has 3 N–H and O–H groups in total. The lowest BCUT2D eigenvalue weighted by atomic mass is 9.96. The number of halogens is 1. The molecular weight excluding hydrogens is 286 g/mol. The maximum absolute atomic E-state index is 12.4. The predicted molar refractivity (Wildman–Crippen MR) is 87.6 cm³/mol. The van der Waals surface area contributed by atoms with Crippen molar-refractivity contribution < 1.29 is 4.79 Å². The molecule has 1 heterocycles. The number of pyridine rings is 1. The molecule has 0 aliphatic rings. The van der Waals surface area contributed by atoms with Crippen molar-refractivity contribution in [2.45, 2.75) is 39.2 Å². The zero-order valence-corrected chi connectivity index (χ0v) is 13.3. The predicted octanol–water partition coefficient (Wildman–Crippen LogP) is 3.65. The molecule has 112 valence electrons. The number of nitrogens with two attached hydrogens (primary N) is 1. The summed E-state index contributed by atoms with van der Waals surface area (Å²) in [6.45, 7) is 5.67. The van der Waals surface area contributed by atoms with Crippen LogP contribution in [0.5, 0.6) is 0 Å². The van der Waals surface area contributed by atoms with Gasteiger partial charge in [0.1, 0.15) is 0 Å². The fourth-order valence-corrected chi connectivity index (χ4v) is 2.71. The Morgan fingerprint density at radius 3 is 2.90 bits per heavy atom. The van der Waals surface area contributed by atoms with Gasteiger partial charge in [-0.2, -0.15) is 0 Å². The van der Waals surface area contributed by atoms with E-state index >= 15 is 0 Å². The minimum Gasteiger partial charge on any atom is -0.323 e. The van der Waals surface area contributed by atoms with Crippen LogP contribution in [-0.4, -0.2) is 16.4 Å². The Bertz CT molecular complexity index is 683. The number of anilines is 1. The summed E-state index contributed by atoms with van der Waals surface area (Å²) in [7, 11) is 0. The molecule has 0 aliphatic heterocycles. The number of hydrogen-bond donors (Lipinski definition) is 2. The van der Waals surface area contributed by atoms with Gasteiger partial charge >= 0.3 is 0 Å². The highest BCUT2D eigenvalue weighted by Crippen LogP contribution is 2.33. The van der Waals surface area contributed by atoms with E-state index in [1.807, 2.05) is 26.0 Å². The maximum Gasteiger partial charge on any atom is 0.244 e. The average Bonchev–Trinajstić information content (AvgIpc) is 2.43. The number of nitrogens with one attached hydrogen (secondary N) is 1. The van der Waals surface area contributed by atoms with E-state index in [-0.39, 0.29) is 5.91 Å². The minimum atomic E-state index is -0.919. The molecule has 0 spiro atoms. The van der Waals surface area contributed by atoms with Gasteiger partial charge in [0.05, 0.1) is 21.8 Å². The summed E-state index contributed by atoms with van der Waals surface area (Å²) < 4.78 is 0. The fourth-order valence-electron chi connectivity index (χ4n) is 2.40. The van der Waals surface area contributed by atoms with Crippen molar-refractivity contribution in [2.24, 2.45) is 5.73 Å². The van der Waals surface area contributed by atoms with Crippen LogP contribution >= 0.6 is 11.6 Å². The van der Waals surface area contributed by atoms with Crippen LogP contribution in [0, 0.1) is 6.92 Å². The van der Waals surface area contributed by atoms with Gasteiger partial charge in [-0.1, -0.05) is 24.9 Å². The highest BCUT2D eigenvalue weighted by molar-refractivity contribution is 6.35. The molecule has 1 atom stereocenters. The Morgan fingerprint density at radius 2 is 2.24 bits per heavy atom. The van der Waals surface area contributed by atoms with E-state index in [9.17, 15) is 4.79 Å². The summed E-state index contributed by atoms with van der Waals surface area (Å²) >= 11 is 6.30. The zero-order valence-electron chi connectivity index (χ0n) is 12.5. The quantitative estimate of drug-likeness (QED) is 0.906. The van der Waals surface area contributed by atoms with Crippen LogP contribution in [0.2, 0.25) is 5.02 Å². The van der Waals surface area contributed by atoms with Crippen molar-refractivity contribution in [1.82, 2.24) is 4.98 Å². The standard InChI is InChI=1S/C16H20ClN3O/c1-4-7-16(3,18)15(21)20-14-11-6-5-8-19-13(11)10(2)9-12(14)17/h5-6,8-9H,4,7,18H2,1-3H3,(H,20,21). The summed E-state index contributed by atoms with van der Waals surface area (Å²) in [5, 5.41) is 4.19. The van der Waals surface area contributed by atoms with Gasteiger partial charge in [-0.3, -0.25) is 9.78 Å². The first kappa shape index (κ1) is 15.7. The Balaban J connectivity index is 2.46. The molecule has 1 unspecified atom stereocenters. The molecule has 21 heavy (non-hydrogen) atoms. The summed E-state index contributed by atoms with van der Waals surface area (Å²) in [4.78, 5) is 16.7. The number of carbonyl (C=O) groups excluding carboxylic acids is 1. The summed E-state index contributed by atoms with van der Waals surface area (Å²) in [5.74, 6) is -0.236. The number of nitrogens with zero attached hydrogens (tertiary/aromatic N) is 1. The molecule has 1 amide bonds. The molecule has 2 aromatic rings. The zero-order chi connectivity index (χ0) is 15.6. The summed E-state index contributed by atoms with van der Waals surface area (Å²) in [6, 6.07) is 5.52. The molecule has 1 aromatic heterocycles. The first-order valence-electron chi connectivity index (χ1n) is 7.01. The number of amides is 1. The van der Waals surface area contributed by atoms with Crippen molar-refractivity contribution >= 4 is 34.1 Å². The van der Waals surface area contributed by atoms with Gasteiger partial charge in [0, 0.05) is 11.6 Å². The third-order valence-corrected chi connectivity index (χ3v) is 3.86. The van der Waals surface area contributed by atoms with Gasteiger partial charge in [0.2, 0.25) is 5.91 Å². The van der Waals surface area contributed by atoms with Crippen molar-refractivity contribution in [2.75, 3.05) is 5.32 Å². The number of aromatic nitrogens is 1. The van der Waals surface area contributed by atoms with Crippen LogP contribution < -0.4 is 11.1 Å². The minimum absolute atomic E-state index is 0.236. The van der Waals surface area contributed by atoms with Gasteiger partial charge in [0.25, 0.3) is 0 Å². The first-order chi connectivity index (χ1) is 9.86. The first-order valence-corrected chi connectivity index (χ1v) is 7.38. The third-order valence-electron chi connectivity index (χ3n) is 3.56. The van der Waals surface area contributed by atoms with E-state index in [2.05, 4.69) is 10.3 Å². The van der Waals surface area contributed by atoms with Gasteiger partial charge < -0.3 is 11.1 Å². The van der Waals surface area contributed by atoms with Crippen molar-refractivity contribution in [1.29, 1.82) is 0 Å². The Hall–Kier alpha value is -1.65. The van der Waals surface area contributed by atoms with Crippen LogP contribution in [0.1, 0.15) is 32.3 Å². The van der Waals surface area contributed by atoms with Gasteiger partial charge in [0.15, 0.2) is 0 Å². The lowest BCUT2D eigenvalue weighted by molar-refractivity contribution is -0.120. The molecule has 0 aliphatic carbocycles. The molecule has 1 aromatic carbocycles. The maximum atomic E-state index is 12.4. The number of aryl methyl sites for hydroxylation is 1. The van der Waals surface area contributed by atoms with Gasteiger partial charge in [-0.15, -0.1) is 0 Å². The third kappa shape index (κ3) is 3.17. The summed E-state index contributed by atoms with van der Waals surface area (Å²) in [5.41, 5.74) is 7.52. The molecule has 5 heteroatoms. The molecule has 2 rings (SSSR count). The highest BCUT2D eigenvalue weighted by atomic mass is 35.5. The van der Waals surface area contributed by atoms with E-state index in [1.54, 1.807) is 19.2 Å². The normalized spacial score (nSPS) is 14.0. The summed E-state index contributed by atoms with van der Waals surface area (Å²) in [6.07, 6.45) is 3.17. The number of rotatable bonds is 4. The van der Waals surface area contributed by atoms with Crippen LogP contribution in [0.15, 0.2) is 24.4 Å². The van der Waals surface area contributed by atoms with E-state index in [4.69, 9.17) is 17.3 Å². The van der Waals surface area contributed by atoms with Crippen molar-refractivity contribution in [3.05, 3.63) is 35.0 Å². The number of hydrogen-bond acceptors (Lipinski definition) is 3. The van der Waals surface area contributed by atoms with Gasteiger partial charge in [-0.25, -0.2) is 0 Å². The Morgan fingerprint density at radius 1 is 1.52 bits per heavy atom. The second-order valence-electron chi connectivity index (χ2n) is 5.57. The van der Waals surface area contributed by atoms with Crippen LogP contribution in [0.25, 0.3) is 10.9 Å². The van der Waals surface area contributed by atoms with E-state index in [0.29, 0.717) is 17.1 Å². The fraction of sp³-hybridized carbons (Fsp3) is 0.375. The molecule has 0 radical (unpaired) electrons. The van der Waals surface area contributed by atoms with E-state index in [0.717, 1.165) is 22.9 Å². The lowest BCUT2D eigenvalue weighted by Crippen LogP contribution is -2.48. The Labute approximate surface area is 129 Å². The second kappa shape index (κ2) is 6.00. The SMILES string of the molecule is CCCC(C)(N)C(=O)Nc1c(Cl)cc(C)c2ncccc12. The van der Waals surface area contributed by atoms with Crippen molar-refractivity contribution in [3.8, 4) is 0 Å². The highest BCUT2D eigenvalue weighted by Gasteiger charge is 2.28. The van der Waals surface area contributed by atoms with Gasteiger partial charge in [-0.05, 0) is 44.0 Å². The van der Waals surface area contributed by atoms with Crippen LogP contribution in [0.3, 0.4) is 0 Å². The number of benzene rings is 1. The molecular formula is C16H20ClN3O. The molecule has 0 bridgehead atoms. The molecule has 0 saturated heterocycles. The molecule has 0 fully saturated rings. The monoisotopic (exact) mass is 305 g/mol. The van der Waals surface area contributed by atoms with E-state index in [1.165, 1.54) is 0 Å². The topological polar surface area (TPSA) is 68.0 Å². The largest absolute Gasteiger partial charge is 0.323 e. The molecule has 0 saturated carbocycles. The van der Waals surface area contributed by atoms with Crippen LogP contribution in [0.4, 0.5) is 5.69 Å². The van der Waals surface area contributed by atoms with Crippen molar-refractivity contribution in [3.63, 3.8) is 0 Å².